The molecule has 0 spiro atoms. The van der Waals surface area contributed by atoms with Crippen molar-refractivity contribution in [3.05, 3.63) is 83.2 Å². The van der Waals surface area contributed by atoms with Crippen molar-refractivity contribution in [1.29, 1.82) is 0 Å². The van der Waals surface area contributed by atoms with Crippen molar-refractivity contribution >= 4 is 66.3 Å². The van der Waals surface area contributed by atoms with Crippen LogP contribution in [-0.4, -0.2) is 37.7 Å². The lowest BCUT2D eigenvalue weighted by Crippen LogP contribution is -2.19. The fraction of sp³-hybridized carbons (Fsp3) is 0.0769. The fourth-order valence-electron chi connectivity index (χ4n) is 3.82. The predicted octanol–water partition coefficient (Wildman–Crippen LogP) is 4.36. The monoisotopic (exact) mass is 563 g/mol. The zero-order valence-electron chi connectivity index (χ0n) is 20.6. The summed E-state index contributed by atoms with van der Waals surface area (Å²) in [6.45, 7) is 0. The van der Waals surface area contributed by atoms with Gasteiger partial charge in [-0.2, -0.15) is 9.97 Å². The number of rotatable bonds is 7. The first-order valence-corrected chi connectivity index (χ1v) is 13.3. The maximum absolute atomic E-state index is 12.8. The summed E-state index contributed by atoms with van der Waals surface area (Å²) in [5.41, 5.74) is 1.17. The fourth-order valence-corrected chi connectivity index (χ4v) is 5.05. The third kappa shape index (κ3) is 5.58. The molecule has 0 aliphatic rings. The number of anilines is 3. The van der Waals surface area contributed by atoms with Gasteiger partial charge in [-0.25, -0.2) is 13.2 Å². The first kappa shape index (κ1) is 25.9. The van der Waals surface area contributed by atoms with Gasteiger partial charge in [-0.15, -0.1) is 0 Å². The molecular weight excluding hydrogens is 542 g/mol. The SMILES string of the molecule is COc1cc(NS(=O)(=O)c2ccc(NC(=S)Nc3ccc4c(c3)oc(=O)c3ccccc34)cc2)nc(OC)n1. The average Bonchev–Trinajstić information content (AvgIpc) is 2.93. The molecule has 0 unspecified atom stereocenters. The van der Waals surface area contributed by atoms with Crippen LogP contribution in [0.25, 0.3) is 21.7 Å². The number of ether oxygens (including phenoxy) is 2. The summed E-state index contributed by atoms with van der Waals surface area (Å²) in [5.74, 6) is 0.132. The van der Waals surface area contributed by atoms with Crippen molar-refractivity contribution in [1.82, 2.24) is 9.97 Å². The second kappa shape index (κ2) is 10.6. The van der Waals surface area contributed by atoms with Crippen molar-refractivity contribution in [2.45, 2.75) is 4.90 Å². The highest BCUT2D eigenvalue weighted by Gasteiger charge is 2.17. The Morgan fingerprint density at radius 1 is 0.846 bits per heavy atom. The van der Waals surface area contributed by atoms with Crippen molar-refractivity contribution in [2.24, 2.45) is 0 Å². The van der Waals surface area contributed by atoms with Crippen LogP contribution in [-0.2, 0) is 10.0 Å². The number of sulfonamides is 1. The minimum Gasteiger partial charge on any atom is -0.481 e. The van der Waals surface area contributed by atoms with E-state index < -0.39 is 15.6 Å². The van der Waals surface area contributed by atoms with Gasteiger partial charge in [0.1, 0.15) is 5.58 Å². The highest BCUT2D eigenvalue weighted by molar-refractivity contribution is 7.92. The summed E-state index contributed by atoms with van der Waals surface area (Å²) < 4.78 is 43.6. The molecule has 0 amide bonds. The normalized spacial score (nSPS) is 11.2. The van der Waals surface area contributed by atoms with Gasteiger partial charge in [-0.05, 0) is 60.1 Å². The molecule has 198 valence electrons. The lowest BCUT2D eigenvalue weighted by atomic mass is 10.1. The topological polar surface area (TPSA) is 145 Å². The van der Waals surface area contributed by atoms with Crippen LogP contribution in [0.4, 0.5) is 17.2 Å². The van der Waals surface area contributed by atoms with Crippen LogP contribution in [0.5, 0.6) is 11.9 Å². The Labute approximate surface area is 227 Å². The smallest absolute Gasteiger partial charge is 0.344 e. The zero-order chi connectivity index (χ0) is 27.6. The Morgan fingerprint density at radius 3 is 2.26 bits per heavy atom. The van der Waals surface area contributed by atoms with Crippen LogP contribution in [0.15, 0.2) is 86.9 Å². The highest BCUT2D eigenvalue weighted by Crippen LogP contribution is 2.26. The van der Waals surface area contributed by atoms with Gasteiger partial charge in [0.2, 0.25) is 5.88 Å². The minimum absolute atomic E-state index is 0.000239. The van der Waals surface area contributed by atoms with Gasteiger partial charge in [0.25, 0.3) is 10.0 Å². The Balaban J connectivity index is 1.28. The predicted molar refractivity (Wildman–Crippen MR) is 152 cm³/mol. The molecular formula is C26H21N5O6S2. The van der Waals surface area contributed by atoms with E-state index in [4.69, 9.17) is 26.1 Å². The molecule has 3 aromatic carbocycles. The molecule has 0 saturated heterocycles. The molecule has 39 heavy (non-hydrogen) atoms. The van der Waals surface area contributed by atoms with Gasteiger partial charge in [0, 0.05) is 28.9 Å². The molecule has 2 aromatic heterocycles. The van der Waals surface area contributed by atoms with E-state index in [1.807, 2.05) is 24.3 Å². The molecule has 0 radical (unpaired) electrons. The van der Waals surface area contributed by atoms with E-state index in [0.717, 1.165) is 10.8 Å². The molecule has 13 heteroatoms. The maximum Gasteiger partial charge on any atom is 0.344 e. The quantitative estimate of drug-likeness (QED) is 0.147. The van der Waals surface area contributed by atoms with Crippen LogP contribution in [0.2, 0.25) is 0 Å². The maximum atomic E-state index is 12.8. The van der Waals surface area contributed by atoms with Gasteiger partial charge < -0.3 is 24.5 Å². The Kier molecular flexibility index (Phi) is 7.00. The van der Waals surface area contributed by atoms with Crippen molar-refractivity contribution in [3.63, 3.8) is 0 Å². The first-order chi connectivity index (χ1) is 18.8. The summed E-state index contributed by atoms with van der Waals surface area (Å²) >= 11 is 5.40. The van der Waals surface area contributed by atoms with E-state index in [1.165, 1.54) is 32.4 Å². The highest BCUT2D eigenvalue weighted by atomic mass is 32.2. The number of benzene rings is 3. The van der Waals surface area contributed by atoms with E-state index >= 15 is 0 Å². The molecule has 0 saturated carbocycles. The summed E-state index contributed by atoms with van der Waals surface area (Å²) in [4.78, 5) is 20.3. The van der Waals surface area contributed by atoms with Crippen LogP contribution in [0.1, 0.15) is 0 Å². The average molecular weight is 564 g/mol. The van der Waals surface area contributed by atoms with Crippen molar-refractivity contribution < 1.29 is 22.3 Å². The second-order valence-electron chi connectivity index (χ2n) is 8.14. The lowest BCUT2D eigenvalue weighted by Gasteiger charge is -2.12. The van der Waals surface area contributed by atoms with Gasteiger partial charge in [0.15, 0.2) is 10.9 Å². The van der Waals surface area contributed by atoms with Crippen LogP contribution in [0.3, 0.4) is 0 Å². The standard InChI is InChI=1S/C26H21N5O6S2/c1-35-23-14-22(29-25(30-23)36-2)31-39(33,34)17-10-7-15(8-11-17)27-26(38)28-16-9-12-19-18-5-3-4-6-20(18)24(32)37-21(19)13-16/h3-14H,1-2H3,(H2,27,28,38)(H,29,30,31). The third-order valence-corrected chi connectivity index (χ3v) is 7.19. The molecule has 5 aromatic rings. The number of nitrogens with zero attached hydrogens (tertiary/aromatic N) is 2. The van der Waals surface area contributed by atoms with E-state index in [1.54, 1.807) is 30.3 Å². The molecule has 5 rings (SSSR count). The van der Waals surface area contributed by atoms with Gasteiger partial charge in [0.05, 0.1) is 24.5 Å². The van der Waals surface area contributed by atoms with E-state index in [9.17, 15) is 13.2 Å². The van der Waals surface area contributed by atoms with E-state index in [-0.39, 0.29) is 27.7 Å². The molecule has 0 fully saturated rings. The van der Waals surface area contributed by atoms with Gasteiger partial charge >= 0.3 is 11.6 Å². The molecule has 2 heterocycles. The second-order valence-corrected chi connectivity index (χ2v) is 10.2. The first-order valence-electron chi connectivity index (χ1n) is 11.4. The number of fused-ring (bicyclic) bond motifs is 3. The molecule has 0 aliphatic carbocycles. The number of methoxy groups -OCH3 is 2. The number of aromatic nitrogens is 2. The number of thiocarbonyl (C=S) groups is 1. The van der Waals surface area contributed by atoms with Crippen molar-refractivity contribution in [2.75, 3.05) is 29.6 Å². The van der Waals surface area contributed by atoms with Crippen LogP contribution < -0.4 is 30.5 Å². The Bertz CT molecular complexity index is 1850. The molecule has 3 N–H and O–H groups in total. The van der Waals surface area contributed by atoms with E-state index in [2.05, 4.69) is 25.3 Å². The Hall–Kier alpha value is -4.75. The molecule has 0 atom stereocenters. The number of nitrogens with one attached hydrogen (secondary N) is 3. The van der Waals surface area contributed by atoms with E-state index in [0.29, 0.717) is 22.3 Å². The zero-order valence-corrected chi connectivity index (χ0v) is 22.2. The van der Waals surface area contributed by atoms with Crippen LogP contribution >= 0.6 is 12.2 Å². The molecule has 0 aliphatic heterocycles. The summed E-state index contributed by atoms with van der Waals surface area (Å²) in [6.07, 6.45) is 0. The summed E-state index contributed by atoms with van der Waals surface area (Å²) in [5, 5.41) is 8.41. The largest absolute Gasteiger partial charge is 0.481 e. The lowest BCUT2D eigenvalue weighted by molar-refractivity contribution is 0.353. The van der Waals surface area contributed by atoms with Crippen LogP contribution in [0, 0.1) is 0 Å². The third-order valence-electron chi connectivity index (χ3n) is 5.61. The van der Waals surface area contributed by atoms with Gasteiger partial charge in [-0.3, -0.25) is 4.72 Å². The minimum atomic E-state index is -3.96. The summed E-state index contributed by atoms with van der Waals surface area (Å²) in [6, 6.07) is 19.9. The molecule has 11 nitrogen and oxygen atoms in total. The molecule has 0 bridgehead atoms. The number of hydrogen-bond acceptors (Lipinski definition) is 9. The van der Waals surface area contributed by atoms with Gasteiger partial charge in [-0.1, -0.05) is 18.2 Å². The van der Waals surface area contributed by atoms with Crippen molar-refractivity contribution in [3.8, 4) is 11.9 Å². The number of hydrogen-bond donors (Lipinski definition) is 3. The Morgan fingerprint density at radius 2 is 1.54 bits per heavy atom. The summed E-state index contributed by atoms with van der Waals surface area (Å²) in [7, 11) is -1.21.